The molecule has 5 heteroatoms. The van der Waals surface area contributed by atoms with Crippen molar-refractivity contribution in [1.29, 1.82) is 0 Å². The fourth-order valence-electron chi connectivity index (χ4n) is 3.43. The molecule has 1 amide bonds. The van der Waals surface area contributed by atoms with E-state index in [9.17, 15) is 4.79 Å². The summed E-state index contributed by atoms with van der Waals surface area (Å²) >= 11 is 0. The van der Waals surface area contributed by atoms with Crippen LogP contribution in [0.1, 0.15) is 57.2 Å². The van der Waals surface area contributed by atoms with Gasteiger partial charge >= 0.3 is 6.09 Å². The summed E-state index contributed by atoms with van der Waals surface area (Å²) in [7, 11) is 0. The number of aromatic nitrogens is 1. The quantitative estimate of drug-likeness (QED) is 0.524. The second kappa shape index (κ2) is 11.5. The van der Waals surface area contributed by atoms with Crippen LogP contribution in [-0.4, -0.2) is 40.7 Å². The summed E-state index contributed by atoms with van der Waals surface area (Å²) in [4.78, 5) is 17.9. The Labute approximate surface area is 162 Å². The molecule has 0 fully saturated rings. The molecule has 0 bridgehead atoms. The van der Waals surface area contributed by atoms with E-state index in [1.807, 2.05) is 18.2 Å². The lowest BCUT2D eigenvalue weighted by Crippen LogP contribution is -2.26. The summed E-state index contributed by atoms with van der Waals surface area (Å²) in [5, 5.41) is 12.2. The Kier molecular flexibility index (Phi) is 9.05. The molecular weight excluding hydrogens is 338 g/mol. The number of carboxylic acid groups (broad SMARTS) is 1. The molecule has 1 heterocycles. The number of pyridine rings is 1. The summed E-state index contributed by atoms with van der Waals surface area (Å²) < 4.78 is 0. The number of amides is 1. The van der Waals surface area contributed by atoms with Crippen molar-refractivity contribution in [3.05, 3.63) is 41.6 Å². The molecule has 0 radical (unpaired) electrons. The van der Waals surface area contributed by atoms with Crippen LogP contribution in [0.2, 0.25) is 0 Å². The molecule has 0 atom stereocenters. The summed E-state index contributed by atoms with van der Waals surface area (Å²) in [6, 6.07) is 10.1. The lowest BCUT2D eigenvalue weighted by molar-refractivity contribution is 0.194. The average molecular weight is 372 g/mol. The number of unbranched alkanes of at least 4 members (excludes halogenated alkanes) is 2. The van der Waals surface area contributed by atoms with Gasteiger partial charge in [0.25, 0.3) is 0 Å². The smallest absolute Gasteiger partial charge is 0.404 e. The van der Waals surface area contributed by atoms with Gasteiger partial charge in [-0.3, -0.25) is 4.98 Å². The third-order valence-electron chi connectivity index (χ3n) is 4.74. The highest BCUT2D eigenvalue weighted by Crippen LogP contribution is 2.16. The second-order valence-corrected chi connectivity index (χ2v) is 7.14. The molecule has 0 aliphatic carbocycles. The largest absolute Gasteiger partial charge is 0.465 e. The van der Waals surface area contributed by atoms with Crippen molar-refractivity contribution in [2.24, 2.45) is 0 Å². The predicted molar refractivity (Wildman–Crippen MR) is 111 cm³/mol. The van der Waals surface area contributed by atoms with Crippen molar-refractivity contribution in [2.45, 2.75) is 58.9 Å². The van der Waals surface area contributed by atoms with Gasteiger partial charge in [-0.1, -0.05) is 32.4 Å². The Bertz CT molecular complexity index is 712. The van der Waals surface area contributed by atoms with Crippen molar-refractivity contribution in [1.82, 2.24) is 15.2 Å². The molecule has 27 heavy (non-hydrogen) atoms. The number of nitrogens with zero attached hydrogens (tertiary/aromatic N) is 2. The number of hydrogen-bond donors (Lipinski definition) is 2. The Hall–Kier alpha value is -2.14. The monoisotopic (exact) mass is 371 g/mol. The average Bonchev–Trinajstić information content (AvgIpc) is 2.66. The third kappa shape index (κ3) is 7.55. The van der Waals surface area contributed by atoms with Crippen LogP contribution in [0.25, 0.3) is 10.9 Å². The number of hydrogen-bond acceptors (Lipinski definition) is 3. The normalized spacial score (nSPS) is 11.2. The maximum atomic E-state index is 10.6. The van der Waals surface area contributed by atoms with Gasteiger partial charge in [-0.25, -0.2) is 4.79 Å². The fourth-order valence-corrected chi connectivity index (χ4v) is 3.43. The van der Waals surface area contributed by atoms with E-state index >= 15 is 0 Å². The Morgan fingerprint density at radius 3 is 2.52 bits per heavy atom. The van der Waals surface area contributed by atoms with Crippen LogP contribution in [0, 0.1) is 0 Å². The van der Waals surface area contributed by atoms with E-state index in [-0.39, 0.29) is 0 Å². The van der Waals surface area contributed by atoms with Crippen LogP contribution >= 0.6 is 0 Å². The van der Waals surface area contributed by atoms with Crippen molar-refractivity contribution in [3.63, 3.8) is 0 Å². The topological polar surface area (TPSA) is 65.5 Å². The van der Waals surface area contributed by atoms with Crippen molar-refractivity contribution < 1.29 is 9.90 Å². The first-order valence-corrected chi connectivity index (χ1v) is 10.2. The van der Waals surface area contributed by atoms with Crippen LogP contribution in [-0.2, 0) is 13.0 Å². The number of rotatable bonds is 12. The maximum absolute atomic E-state index is 10.6. The minimum atomic E-state index is -1.00. The van der Waals surface area contributed by atoms with E-state index in [4.69, 9.17) is 10.1 Å². The predicted octanol–water partition coefficient (Wildman–Crippen LogP) is 4.84. The summed E-state index contributed by atoms with van der Waals surface area (Å²) in [5.41, 5.74) is 3.06. The number of nitrogens with one attached hydrogen (secondary N) is 1. The minimum absolute atomic E-state index is 0.320. The SMILES string of the molecule is CCCN(CCC)CCCCCc1ccc2cc(CNC(=O)O)ccc2n1. The molecule has 0 saturated carbocycles. The molecule has 0 aliphatic heterocycles. The molecule has 148 valence electrons. The van der Waals surface area contributed by atoms with E-state index in [2.05, 4.69) is 36.2 Å². The van der Waals surface area contributed by atoms with Gasteiger partial charge in [0.2, 0.25) is 0 Å². The van der Waals surface area contributed by atoms with Gasteiger partial charge in [-0.05, 0) is 75.5 Å². The van der Waals surface area contributed by atoms with Crippen LogP contribution in [0.5, 0.6) is 0 Å². The van der Waals surface area contributed by atoms with Crippen molar-refractivity contribution >= 4 is 17.0 Å². The summed E-state index contributed by atoms with van der Waals surface area (Å²) in [6.45, 7) is 8.45. The van der Waals surface area contributed by atoms with Crippen LogP contribution < -0.4 is 5.32 Å². The molecule has 2 aromatic rings. The lowest BCUT2D eigenvalue weighted by Gasteiger charge is -2.20. The van der Waals surface area contributed by atoms with Gasteiger partial charge in [0.15, 0.2) is 0 Å². The second-order valence-electron chi connectivity index (χ2n) is 7.14. The molecule has 0 saturated heterocycles. The Balaban J connectivity index is 1.79. The van der Waals surface area contributed by atoms with E-state index in [0.717, 1.165) is 28.6 Å². The van der Waals surface area contributed by atoms with E-state index in [1.165, 1.54) is 51.7 Å². The van der Waals surface area contributed by atoms with Gasteiger partial charge in [-0.15, -0.1) is 0 Å². The van der Waals surface area contributed by atoms with Crippen LogP contribution in [0.3, 0.4) is 0 Å². The van der Waals surface area contributed by atoms with Crippen molar-refractivity contribution in [2.75, 3.05) is 19.6 Å². The molecule has 0 spiro atoms. The number of fused-ring (bicyclic) bond motifs is 1. The number of carbonyl (C=O) groups is 1. The molecule has 5 nitrogen and oxygen atoms in total. The van der Waals surface area contributed by atoms with E-state index < -0.39 is 6.09 Å². The number of benzene rings is 1. The van der Waals surface area contributed by atoms with Crippen LogP contribution in [0.15, 0.2) is 30.3 Å². The van der Waals surface area contributed by atoms with Gasteiger partial charge < -0.3 is 15.3 Å². The highest BCUT2D eigenvalue weighted by molar-refractivity contribution is 5.79. The zero-order valence-corrected chi connectivity index (χ0v) is 16.7. The number of aryl methyl sites for hydroxylation is 1. The molecule has 0 unspecified atom stereocenters. The Morgan fingerprint density at radius 2 is 1.81 bits per heavy atom. The summed E-state index contributed by atoms with van der Waals surface area (Å²) in [5.74, 6) is 0. The highest BCUT2D eigenvalue weighted by Gasteiger charge is 2.04. The molecule has 2 rings (SSSR count). The lowest BCUT2D eigenvalue weighted by atomic mass is 10.1. The zero-order valence-electron chi connectivity index (χ0n) is 16.7. The van der Waals surface area contributed by atoms with Gasteiger partial charge in [0, 0.05) is 17.6 Å². The molecule has 0 aliphatic rings. The van der Waals surface area contributed by atoms with E-state index in [1.54, 1.807) is 0 Å². The van der Waals surface area contributed by atoms with Crippen molar-refractivity contribution in [3.8, 4) is 0 Å². The molecule has 2 N–H and O–H groups in total. The summed E-state index contributed by atoms with van der Waals surface area (Å²) in [6.07, 6.45) is 6.14. The Morgan fingerprint density at radius 1 is 1.04 bits per heavy atom. The van der Waals surface area contributed by atoms with Gasteiger partial charge in [0.1, 0.15) is 0 Å². The van der Waals surface area contributed by atoms with E-state index in [0.29, 0.717) is 6.54 Å². The minimum Gasteiger partial charge on any atom is -0.465 e. The first kappa shape index (κ1) is 21.2. The maximum Gasteiger partial charge on any atom is 0.404 e. The van der Waals surface area contributed by atoms with Crippen LogP contribution in [0.4, 0.5) is 4.79 Å². The first-order valence-electron chi connectivity index (χ1n) is 10.2. The molecular formula is C22H33N3O2. The van der Waals surface area contributed by atoms with Gasteiger partial charge in [-0.2, -0.15) is 0 Å². The third-order valence-corrected chi connectivity index (χ3v) is 4.74. The fraction of sp³-hybridized carbons (Fsp3) is 0.545. The highest BCUT2D eigenvalue weighted by atomic mass is 16.4. The first-order chi connectivity index (χ1) is 13.1. The zero-order chi connectivity index (χ0) is 19.5. The van der Waals surface area contributed by atoms with Gasteiger partial charge in [0.05, 0.1) is 5.52 Å². The molecule has 1 aromatic heterocycles. The standard InChI is InChI=1S/C22H33N3O2/c1-3-13-25(14-4-2)15-7-5-6-8-20-11-10-19-16-18(17-23-22(26)27)9-12-21(19)24-20/h9-12,16,23H,3-8,13-15,17H2,1-2H3,(H,26,27). The molecule has 1 aromatic carbocycles.